The molecule has 44 valence electrons. The fraction of sp³-hybridized carbons (Fsp3) is 0.400. The van der Waals surface area contributed by atoms with Crippen molar-refractivity contribution in [1.29, 1.82) is 0 Å². The number of aliphatic hydroxyl groups excluding tert-OH is 2. The van der Waals surface area contributed by atoms with E-state index in [1.165, 1.54) is 12.2 Å². The van der Waals surface area contributed by atoms with Gasteiger partial charge in [-0.15, -0.1) is 0 Å². The van der Waals surface area contributed by atoms with E-state index in [0.29, 0.717) is 0 Å². The highest BCUT2D eigenvalue weighted by Gasteiger charge is 2.24. The summed E-state index contributed by atoms with van der Waals surface area (Å²) in [6.45, 7) is 0. The molecular weight excluding hydrogens is 108 g/mol. The molecular formula is C5H6O3. The summed E-state index contributed by atoms with van der Waals surface area (Å²) in [5.74, 6) is -0.537. The first-order valence-electron chi connectivity index (χ1n) is 2.30. The van der Waals surface area contributed by atoms with Crippen LogP contribution in [0.4, 0.5) is 0 Å². The Hall–Kier alpha value is -0.670. The lowest BCUT2D eigenvalue weighted by molar-refractivity contribution is -0.129. The largest absolute Gasteiger partial charge is 0.381 e. The Morgan fingerprint density at radius 2 is 1.62 bits per heavy atom. The molecule has 0 aromatic carbocycles. The molecule has 0 aromatic heterocycles. The maximum atomic E-state index is 10.3. The van der Waals surface area contributed by atoms with Crippen LogP contribution in [-0.2, 0) is 4.79 Å². The first-order valence-corrected chi connectivity index (χ1v) is 2.30. The van der Waals surface area contributed by atoms with E-state index >= 15 is 0 Å². The number of carbonyl (C=O) groups is 1. The Kier molecular flexibility index (Phi) is 1.15. The lowest BCUT2D eigenvalue weighted by Gasteiger charge is -1.96. The fourth-order valence-electron chi connectivity index (χ4n) is 0.575. The third-order valence-electron chi connectivity index (χ3n) is 1.06. The molecule has 0 aliphatic heterocycles. The summed E-state index contributed by atoms with van der Waals surface area (Å²) in [7, 11) is 0. The molecule has 2 unspecified atom stereocenters. The van der Waals surface area contributed by atoms with E-state index in [-0.39, 0.29) is 0 Å². The molecule has 3 nitrogen and oxygen atoms in total. The first kappa shape index (κ1) is 5.47. The number of hydrogen-bond donors (Lipinski definition) is 2. The molecule has 0 aromatic rings. The van der Waals surface area contributed by atoms with E-state index < -0.39 is 18.0 Å². The molecule has 1 aliphatic rings. The SMILES string of the molecule is O=C1C(O)C=CC1O. The monoisotopic (exact) mass is 114 g/mol. The summed E-state index contributed by atoms with van der Waals surface area (Å²) in [6, 6.07) is 0. The summed E-state index contributed by atoms with van der Waals surface area (Å²) < 4.78 is 0. The average Bonchev–Trinajstić information content (AvgIpc) is 1.98. The van der Waals surface area contributed by atoms with Gasteiger partial charge in [-0.05, 0) is 12.2 Å². The molecule has 0 saturated heterocycles. The molecule has 0 fully saturated rings. The van der Waals surface area contributed by atoms with Gasteiger partial charge in [0.2, 0.25) is 0 Å². The molecule has 0 bridgehead atoms. The maximum Gasteiger partial charge on any atom is 0.197 e. The van der Waals surface area contributed by atoms with Crippen LogP contribution in [-0.4, -0.2) is 28.2 Å². The quantitative estimate of drug-likeness (QED) is 0.391. The predicted molar refractivity (Wildman–Crippen MR) is 26.2 cm³/mol. The number of ketones is 1. The second-order valence-corrected chi connectivity index (χ2v) is 1.68. The average molecular weight is 114 g/mol. The van der Waals surface area contributed by atoms with Crippen LogP contribution in [0, 0.1) is 0 Å². The molecule has 3 heteroatoms. The van der Waals surface area contributed by atoms with Gasteiger partial charge in [0.15, 0.2) is 5.78 Å². The molecule has 0 heterocycles. The highest BCUT2D eigenvalue weighted by molar-refractivity contribution is 5.92. The van der Waals surface area contributed by atoms with Gasteiger partial charge in [0.05, 0.1) is 0 Å². The van der Waals surface area contributed by atoms with Gasteiger partial charge in [0.25, 0.3) is 0 Å². The minimum Gasteiger partial charge on any atom is -0.381 e. The van der Waals surface area contributed by atoms with Crippen LogP contribution in [0.1, 0.15) is 0 Å². The van der Waals surface area contributed by atoms with Crippen LogP contribution in [0.15, 0.2) is 12.2 Å². The maximum absolute atomic E-state index is 10.3. The number of carbonyl (C=O) groups excluding carboxylic acids is 1. The summed E-state index contributed by atoms with van der Waals surface area (Å²) in [5, 5.41) is 17.1. The van der Waals surface area contributed by atoms with Crippen LogP contribution in [0.3, 0.4) is 0 Å². The third kappa shape index (κ3) is 0.657. The lowest BCUT2D eigenvalue weighted by atomic mass is 10.2. The van der Waals surface area contributed by atoms with Crippen molar-refractivity contribution in [3.05, 3.63) is 12.2 Å². The van der Waals surface area contributed by atoms with E-state index in [0.717, 1.165) is 0 Å². The number of Topliss-reactive ketones (excluding diaryl/α,β-unsaturated/α-hetero) is 1. The van der Waals surface area contributed by atoms with Gasteiger partial charge in [-0.3, -0.25) is 4.79 Å². The van der Waals surface area contributed by atoms with E-state index in [1.807, 2.05) is 0 Å². The van der Waals surface area contributed by atoms with Crippen molar-refractivity contribution < 1.29 is 15.0 Å². The van der Waals surface area contributed by atoms with Crippen molar-refractivity contribution in [1.82, 2.24) is 0 Å². The van der Waals surface area contributed by atoms with Crippen LogP contribution in [0.2, 0.25) is 0 Å². The van der Waals surface area contributed by atoms with Gasteiger partial charge in [-0.25, -0.2) is 0 Å². The van der Waals surface area contributed by atoms with Crippen LogP contribution >= 0.6 is 0 Å². The Balaban J connectivity index is 2.70. The summed E-state index contributed by atoms with van der Waals surface area (Å²) in [4.78, 5) is 10.3. The summed E-state index contributed by atoms with van der Waals surface area (Å²) >= 11 is 0. The minimum atomic E-state index is -1.08. The Morgan fingerprint density at radius 1 is 1.25 bits per heavy atom. The molecule has 2 atom stereocenters. The number of rotatable bonds is 0. The Bertz CT molecular complexity index is 125. The minimum absolute atomic E-state index is 0.537. The van der Waals surface area contributed by atoms with E-state index in [1.54, 1.807) is 0 Å². The highest BCUT2D eigenvalue weighted by atomic mass is 16.3. The second kappa shape index (κ2) is 1.69. The van der Waals surface area contributed by atoms with Gasteiger partial charge >= 0.3 is 0 Å². The normalized spacial score (nSPS) is 36.5. The van der Waals surface area contributed by atoms with E-state index in [9.17, 15) is 4.79 Å². The molecule has 2 N–H and O–H groups in total. The van der Waals surface area contributed by atoms with Crippen LogP contribution in [0.25, 0.3) is 0 Å². The Morgan fingerprint density at radius 3 is 1.75 bits per heavy atom. The molecule has 1 aliphatic carbocycles. The zero-order chi connectivity index (χ0) is 6.15. The number of aliphatic hydroxyl groups is 2. The zero-order valence-electron chi connectivity index (χ0n) is 4.11. The third-order valence-corrected chi connectivity index (χ3v) is 1.06. The Labute approximate surface area is 46.3 Å². The molecule has 8 heavy (non-hydrogen) atoms. The van der Waals surface area contributed by atoms with Gasteiger partial charge in [-0.1, -0.05) is 0 Å². The zero-order valence-corrected chi connectivity index (χ0v) is 4.11. The van der Waals surface area contributed by atoms with Crippen molar-refractivity contribution in [3.63, 3.8) is 0 Å². The molecule has 0 radical (unpaired) electrons. The van der Waals surface area contributed by atoms with Gasteiger partial charge in [0.1, 0.15) is 12.2 Å². The highest BCUT2D eigenvalue weighted by Crippen LogP contribution is 2.04. The molecule has 0 amide bonds. The predicted octanol–water partition coefficient (Wildman–Crippen LogP) is -1.15. The van der Waals surface area contributed by atoms with Crippen LogP contribution < -0.4 is 0 Å². The topological polar surface area (TPSA) is 57.5 Å². The standard InChI is InChI=1S/C5H6O3/c6-3-1-2-4(7)5(3)8/h1-4,6-7H. The smallest absolute Gasteiger partial charge is 0.197 e. The molecule has 0 saturated carbocycles. The molecule has 0 spiro atoms. The van der Waals surface area contributed by atoms with Crippen molar-refractivity contribution in [2.75, 3.05) is 0 Å². The van der Waals surface area contributed by atoms with Gasteiger partial charge < -0.3 is 10.2 Å². The summed E-state index contributed by atoms with van der Waals surface area (Å²) in [5.41, 5.74) is 0. The van der Waals surface area contributed by atoms with Gasteiger partial charge in [-0.2, -0.15) is 0 Å². The van der Waals surface area contributed by atoms with Crippen molar-refractivity contribution in [2.45, 2.75) is 12.2 Å². The van der Waals surface area contributed by atoms with Crippen molar-refractivity contribution in [3.8, 4) is 0 Å². The van der Waals surface area contributed by atoms with E-state index in [4.69, 9.17) is 10.2 Å². The van der Waals surface area contributed by atoms with E-state index in [2.05, 4.69) is 0 Å². The van der Waals surface area contributed by atoms with Crippen molar-refractivity contribution >= 4 is 5.78 Å². The van der Waals surface area contributed by atoms with Crippen LogP contribution in [0.5, 0.6) is 0 Å². The second-order valence-electron chi connectivity index (χ2n) is 1.68. The number of hydrogen-bond acceptors (Lipinski definition) is 3. The summed E-state index contributed by atoms with van der Waals surface area (Å²) in [6.07, 6.45) is 0.384. The fourth-order valence-corrected chi connectivity index (χ4v) is 0.575. The van der Waals surface area contributed by atoms with Crippen molar-refractivity contribution in [2.24, 2.45) is 0 Å². The molecule has 1 rings (SSSR count). The van der Waals surface area contributed by atoms with Gasteiger partial charge in [0, 0.05) is 0 Å². The lowest BCUT2D eigenvalue weighted by Crippen LogP contribution is -2.22. The first-order chi connectivity index (χ1) is 3.72.